The minimum absolute atomic E-state index is 0.0539. The van der Waals surface area contributed by atoms with Crippen molar-refractivity contribution >= 4 is 5.78 Å². The van der Waals surface area contributed by atoms with Gasteiger partial charge in [-0.05, 0) is 61.8 Å². The number of nitrogens with zero attached hydrogens (tertiary/aromatic N) is 3. The van der Waals surface area contributed by atoms with Gasteiger partial charge in [0.2, 0.25) is 5.88 Å². The first-order chi connectivity index (χ1) is 17.7. The Hall–Kier alpha value is -2.55. The molecule has 0 N–H and O–H groups in total. The van der Waals surface area contributed by atoms with E-state index in [0.29, 0.717) is 12.3 Å². The number of Topliss-reactive ketones (excluding diaryl/α,β-unsaturated/α-hetero) is 1. The fourth-order valence-corrected chi connectivity index (χ4v) is 5.40. The van der Waals surface area contributed by atoms with Crippen molar-refractivity contribution in [2.75, 3.05) is 26.2 Å². The number of halogens is 4. The molecule has 1 fully saturated rings. The normalized spacial score (nSPS) is 20.9. The van der Waals surface area contributed by atoms with E-state index in [1.807, 2.05) is 6.07 Å². The number of hydrogen-bond donors (Lipinski definition) is 0. The second kappa shape index (κ2) is 12.3. The van der Waals surface area contributed by atoms with Crippen molar-refractivity contribution < 1.29 is 27.1 Å². The molecule has 0 spiro atoms. The van der Waals surface area contributed by atoms with E-state index in [4.69, 9.17) is 4.74 Å². The van der Waals surface area contributed by atoms with Crippen LogP contribution in [0.15, 0.2) is 30.5 Å². The van der Waals surface area contributed by atoms with Crippen molar-refractivity contribution in [1.29, 1.82) is 0 Å². The van der Waals surface area contributed by atoms with Crippen LogP contribution < -0.4 is 4.74 Å². The van der Waals surface area contributed by atoms with Crippen LogP contribution in [0.4, 0.5) is 17.6 Å². The molecule has 0 bridgehead atoms. The molecule has 1 aliphatic heterocycles. The number of aromatic nitrogens is 2. The fraction of sp³-hybridized carbons (Fsp3) is 0.607. The highest BCUT2D eigenvalue weighted by molar-refractivity contribution is 5.97. The standard InChI is InChI=1S/C28H35F4N3O2/c1-28(31,32)18-37-25-9-8-21-11-15-35(16-12-23(21)34-25)14-10-19-4-6-20(7-5-19)17-24(36)22-3-2-13-33-26(22)27(29)30/h2-3,8-9,13,19-20,27H,4-7,10-12,14-18H2,1H3. The predicted octanol–water partition coefficient (Wildman–Crippen LogP) is 6.32. The van der Waals surface area contributed by atoms with Crippen molar-refractivity contribution in [3.63, 3.8) is 0 Å². The Morgan fingerprint density at radius 2 is 1.84 bits per heavy atom. The first-order valence-corrected chi connectivity index (χ1v) is 13.2. The zero-order chi connectivity index (χ0) is 26.4. The predicted molar refractivity (Wildman–Crippen MR) is 132 cm³/mol. The number of pyridine rings is 2. The molecule has 0 unspecified atom stereocenters. The third-order valence-corrected chi connectivity index (χ3v) is 7.52. The largest absolute Gasteiger partial charge is 0.471 e. The van der Waals surface area contributed by atoms with Crippen LogP contribution in [0.5, 0.6) is 5.88 Å². The van der Waals surface area contributed by atoms with E-state index < -0.39 is 24.6 Å². The minimum Gasteiger partial charge on any atom is -0.471 e. The summed E-state index contributed by atoms with van der Waals surface area (Å²) in [6, 6.07) is 6.60. The summed E-state index contributed by atoms with van der Waals surface area (Å²) in [5.41, 5.74) is 1.71. The molecule has 4 rings (SSSR count). The minimum atomic E-state index is -2.89. The zero-order valence-corrected chi connectivity index (χ0v) is 21.3. The van der Waals surface area contributed by atoms with E-state index in [-0.39, 0.29) is 23.1 Å². The molecule has 3 heterocycles. The van der Waals surface area contributed by atoms with Crippen molar-refractivity contribution in [3.8, 4) is 5.88 Å². The lowest BCUT2D eigenvalue weighted by atomic mass is 9.78. The fourth-order valence-electron chi connectivity index (χ4n) is 5.40. The van der Waals surface area contributed by atoms with Gasteiger partial charge < -0.3 is 9.64 Å². The number of alkyl halides is 4. The summed E-state index contributed by atoms with van der Waals surface area (Å²) >= 11 is 0. The summed E-state index contributed by atoms with van der Waals surface area (Å²) in [5.74, 6) is -2.05. The maximum atomic E-state index is 13.2. The zero-order valence-electron chi connectivity index (χ0n) is 21.3. The van der Waals surface area contributed by atoms with Gasteiger partial charge in [-0.1, -0.05) is 18.9 Å². The van der Waals surface area contributed by atoms with Crippen LogP contribution in [0.1, 0.15) is 79.2 Å². The number of carbonyl (C=O) groups is 1. The number of ketones is 1. The molecule has 0 amide bonds. The summed E-state index contributed by atoms with van der Waals surface area (Å²) in [6.45, 7) is 2.94. The van der Waals surface area contributed by atoms with Crippen LogP contribution in [0, 0.1) is 11.8 Å². The molecule has 5 nitrogen and oxygen atoms in total. The van der Waals surface area contributed by atoms with Gasteiger partial charge in [0.1, 0.15) is 5.69 Å². The van der Waals surface area contributed by atoms with Gasteiger partial charge in [0.25, 0.3) is 12.3 Å². The summed E-state index contributed by atoms with van der Waals surface area (Å²) < 4.78 is 57.7. The highest BCUT2D eigenvalue weighted by Gasteiger charge is 2.27. The molecule has 202 valence electrons. The summed E-state index contributed by atoms with van der Waals surface area (Å²) in [6.07, 6.45) is 5.55. The lowest BCUT2D eigenvalue weighted by molar-refractivity contribution is -0.0243. The monoisotopic (exact) mass is 521 g/mol. The SMILES string of the molecule is CC(F)(F)COc1ccc2c(n1)CCN(CCC1CCC(CC(=O)c3cccnc3C(F)F)CC1)CC2. The van der Waals surface area contributed by atoms with Crippen molar-refractivity contribution in [2.45, 2.75) is 70.6 Å². The van der Waals surface area contributed by atoms with Gasteiger partial charge in [-0.3, -0.25) is 9.78 Å². The van der Waals surface area contributed by atoms with Gasteiger partial charge in [-0.25, -0.2) is 22.5 Å². The van der Waals surface area contributed by atoms with Crippen LogP contribution >= 0.6 is 0 Å². The van der Waals surface area contributed by atoms with E-state index in [1.165, 1.54) is 18.3 Å². The van der Waals surface area contributed by atoms with Gasteiger partial charge in [-0.15, -0.1) is 0 Å². The maximum absolute atomic E-state index is 13.2. The Morgan fingerprint density at radius 1 is 1.11 bits per heavy atom. The van der Waals surface area contributed by atoms with Crippen LogP contribution in [0.2, 0.25) is 0 Å². The van der Waals surface area contributed by atoms with Gasteiger partial charge in [0, 0.05) is 56.4 Å². The molecule has 9 heteroatoms. The summed E-state index contributed by atoms with van der Waals surface area (Å²) in [5, 5.41) is 0. The molecular formula is C28H35F4N3O2. The number of hydrogen-bond acceptors (Lipinski definition) is 5. The number of fused-ring (bicyclic) bond motifs is 1. The lowest BCUT2D eigenvalue weighted by Crippen LogP contribution is -2.29. The second-order valence-electron chi connectivity index (χ2n) is 10.5. The first kappa shape index (κ1) is 27.5. The van der Waals surface area contributed by atoms with E-state index in [1.54, 1.807) is 6.07 Å². The number of ether oxygens (including phenoxy) is 1. The van der Waals surface area contributed by atoms with E-state index in [2.05, 4.69) is 14.9 Å². The Kier molecular flexibility index (Phi) is 9.16. The molecule has 0 atom stereocenters. The van der Waals surface area contributed by atoms with Gasteiger partial charge >= 0.3 is 0 Å². The molecule has 0 aromatic carbocycles. The molecular weight excluding hydrogens is 486 g/mol. The summed E-state index contributed by atoms with van der Waals surface area (Å²) in [7, 11) is 0. The Balaban J connectivity index is 1.20. The highest BCUT2D eigenvalue weighted by Crippen LogP contribution is 2.34. The van der Waals surface area contributed by atoms with E-state index in [9.17, 15) is 22.4 Å². The average Bonchev–Trinajstić information content (AvgIpc) is 3.08. The van der Waals surface area contributed by atoms with Crippen LogP contribution in [-0.4, -0.2) is 52.8 Å². The van der Waals surface area contributed by atoms with Crippen molar-refractivity contribution in [1.82, 2.24) is 14.9 Å². The Labute approximate surface area is 215 Å². The first-order valence-electron chi connectivity index (χ1n) is 13.2. The Bertz CT molecular complexity index is 1050. The second-order valence-corrected chi connectivity index (χ2v) is 10.5. The quantitative estimate of drug-likeness (QED) is 0.271. The van der Waals surface area contributed by atoms with Crippen LogP contribution in [-0.2, 0) is 12.8 Å². The molecule has 0 radical (unpaired) electrons. The van der Waals surface area contributed by atoms with Crippen LogP contribution in [0.3, 0.4) is 0 Å². The van der Waals surface area contributed by atoms with Gasteiger partial charge in [0.15, 0.2) is 12.4 Å². The molecule has 2 aliphatic rings. The molecule has 2 aromatic rings. The van der Waals surface area contributed by atoms with Crippen molar-refractivity contribution in [3.05, 3.63) is 53.0 Å². The van der Waals surface area contributed by atoms with Crippen molar-refractivity contribution in [2.24, 2.45) is 11.8 Å². The number of rotatable bonds is 10. The van der Waals surface area contributed by atoms with Crippen LogP contribution in [0.25, 0.3) is 0 Å². The third-order valence-electron chi connectivity index (χ3n) is 7.52. The molecule has 1 saturated carbocycles. The maximum Gasteiger partial charge on any atom is 0.281 e. The molecule has 0 saturated heterocycles. The molecule has 37 heavy (non-hydrogen) atoms. The molecule has 1 aliphatic carbocycles. The topological polar surface area (TPSA) is 55.3 Å². The highest BCUT2D eigenvalue weighted by atomic mass is 19.3. The van der Waals surface area contributed by atoms with E-state index >= 15 is 0 Å². The number of carbonyl (C=O) groups excluding carboxylic acids is 1. The smallest absolute Gasteiger partial charge is 0.281 e. The summed E-state index contributed by atoms with van der Waals surface area (Å²) in [4.78, 5) is 23.3. The molecule has 2 aromatic heterocycles. The van der Waals surface area contributed by atoms with Gasteiger partial charge in [-0.2, -0.15) is 0 Å². The average molecular weight is 522 g/mol. The van der Waals surface area contributed by atoms with Gasteiger partial charge in [0.05, 0.1) is 0 Å². The third kappa shape index (κ3) is 7.97. The Morgan fingerprint density at radius 3 is 2.57 bits per heavy atom. The van der Waals surface area contributed by atoms with E-state index in [0.717, 1.165) is 82.8 Å². The lowest BCUT2D eigenvalue weighted by Gasteiger charge is -2.30.